The van der Waals surface area contributed by atoms with Crippen molar-refractivity contribution in [3.8, 4) is 11.5 Å². The van der Waals surface area contributed by atoms with Crippen molar-refractivity contribution in [2.45, 2.75) is 12.8 Å². The zero-order chi connectivity index (χ0) is 18.0. The number of anilines is 1. The lowest BCUT2D eigenvalue weighted by molar-refractivity contribution is -0.142. The standard InChI is InChI=1S/C18H20N2O5/c1-24-11-7-8-14(15(9-11)25-2)19-16(21)10-20-17(22)12-5-3-4-6-13(12)18(20)23/h3-4,7-9,12-13H,5-6,10H2,1-2H3,(H,19,21)/t12-,13-/m0/s1. The normalized spacial score (nSPS) is 21.9. The third-order valence-electron chi connectivity index (χ3n) is 4.58. The van der Waals surface area contributed by atoms with Gasteiger partial charge in [-0.05, 0) is 25.0 Å². The largest absolute Gasteiger partial charge is 0.497 e. The third kappa shape index (κ3) is 3.22. The summed E-state index contributed by atoms with van der Waals surface area (Å²) in [4.78, 5) is 38.2. The average molecular weight is 344 g/mol. The number of nitrogens with zero attached hydrogens (tertiary/aromatic N) is 1. The zero-order valence-corrected chi connectivity index (χ0v) is 14.2. The first-order valence-corrected chi connectivity index (χ1v) is 8.07. The van der Waals surface area contributed by atoms with Gasteiger partial charge in [-0.15, -0.1) is 0 Å². The quantitative estimate of drug-likeness (QED) is 0.648. The van der Waals surface area contributed by atoms with Gasteiger partial charge in [0.2, 0.25) is 17.7 Å². The molecule has 1 aromatic rings. The van der Waals surface area contributed by atoms with Crippen molar-refractivity contribution in [1.29, 1.82) is 0 Å². The minimum Gasteiger partial charge on any atom is -0.497 e. The highest BCUT2D eigenvalue weighted by Gasteiger charge is 2.47. The Bertz CT molecular complexity index is 717. The minimum atomic E-state index is -0.447. The van der Waals surface area contributed by atoms with Crippen molar-refractivity contribution < 1.29 is 23.9 Å². The van der Waals surface area contributed by atoms with Gasteiger partial charge >= 0.3 is 0 Å². The van der Waals surface area contributed by atoms with Gasteiger partial charge in [0.15, 0.2) is 0 Å². The molecule has 0 spiro atoms. The van der Waals surface area contributed by atoms with E-state index in [1.54, 1.807) is 18.2 Å². The van der Waals surface area contributed by atoms with Crippen LogP contribution in [0.1, 0.15) is 12.8 Å². The van der Waals surface area contributed by atoms with Crippen LogP contribution in [0, 0.1) is 11.8 Å². The van der Waals surface area contributed by atoms with E-state index in [1.165, 1.54) is 14.2 Å². The third-order valence-corrected chi connectivity index (χ3v) is 4.58. The van der Waals surface area contributed by atoms with Gasteiger partial charge in [0, 0.05) is 6.07 Å². The van der Waals surface area contributed by atoms with Gasteiger partial charge in [0.1, 0.15) is 18.0 Å². The second kappa shape index (κ2) is 6.96. The van der Waals surface area contributed by atoms with Crippen LogP contribution < -0.4 is 14.8 Å². The fourth-order valence-corrected chi connectivity index (χ4v) is 3.26. The number of rotatable bonds is 5. The van der Waals surface area contributed by atoms with Gasteiger partial charge in [-0.2, -0.15) is 0 Å². The van der Waals surface area contributed by atoms with Crippen LogP contribution in [0.15, 0.2) is 30.4 Å². The van der Waals surface area contributed by atoms with E-state index in [-0.39, 0.29) is 30.2 Å². The van der Waals surface area contributed by atoms with Crippen LogP contribution in [0.25, 0.3) is 0 Å². The van der Waals surface area contributed by atoms with Crippen LogP contribution in [0.4, 0.5) is 5.69 Å². The fourth-order valence-electron chi connectivity index (χ4n) is 3.26. The summed E-state index contributed by atoms with van der Waals surface area (Å²) in [6.07, 6.45) is 4.94. The number of carbonyl (C=O) groups excluding carboxylic acids is 3. The molecule has 0 aromatic heterocycles. The van der Waals surface area contributed by atoms with Crippen LogP contribution in [-0.2, 0) is 14.4 Å². The van der Waals surface area contributed by atoms with Gasteiger partial charge in [-0.25, -0.2) is 0 Å². The number of amides is 3. The summed E-state index contributed by atoms with van der Waals surface area (Å²) in [5, 5.41) is 2.68. The fraction of sp³-hybridized carbons (Fsp3) is 0.389. The maximum Gasteiger partial charge on any atom is 0.244 e. The number of imide groups is 1. The number of hydrogen-bond donors (Lipinski definition) is 1. The van der Waals surface area contributed by atoms with E-state index in [2.05, 4.69) is 5.32 Å². The highest BCUT2D eigenvalue weighted by Crippen LogP contribution is 2.35. The van der Waals surface area contributed by atoms with Gasteiger partial charge in [-0.1, -0.05) is 12.2 Å². The van der Waals surface area contributed by atoms with Crippen LogP contribution in [-0.4, -0.2) is 43.4 Å². The Morgan fingerprint density at radius 2 is 1.76 bits per heavy atom. The van der Waals surface area contributed by atoms with Crippen molar-refractivity contribution >= 4 is 23.4 Å². The lowest BCUT2D eigenvalue weighted by Gasteiger charge is -2.16. The van der Waals surface area contributed by atoms with E-state index in [0.717, 1.165) is 4.90 Å². The molecule has 1 aromatic carbocycles. The van der Waals surface area contributed by atoms with Gasteiger partial charge in [0.25, 0.3) is 0 Å². The van der Waals surface area contributed by atoms with Crippen molar-refractivity contribution in [3.05, 3.63) is 30.4 Å². The molecule has 1 aliphatic carbocycles. The number of fused-ring (bicyclic) bond motifs is 1. The molecule has 1 N–H and O–H groups in total. The molecule has 7 nitrogen and oxygen atoms in total. The minimum absolute atomic E-state index is 0.267. The molecule has 1 fully saturated rings. The molecule has 3 amide bonds. The second-order valence-electron chi connectivity index (χ2n) is 6.03. The molecule has 25 heavy (non-hydrogen) atoms. The van der Waals surface area contributed by atoms with E-state index in [1.807, 2.05) is 12.2 Å². The van der Waals surface area contributed by atoms with E-state index in [9.17, 15) is 14.4 Å². The molecule has 2 atom stereocenters. The Kier molecular flexibility index (Phi) is 4.74. The van der Waals surface area contributed by atoms with Crippen molar-refractivity contribution in [1.82, 2.24) is 4.90 Å². The molecule has 3 rings (SSSR count). The maximum absolute atomic E-state index is 12.4. The maximum atomic E-state index is 12.4. The summed E-state index contributed by atoms with van der Waals surface area (Å²) in [6, 6.07) is 4.97. The summed E-state index contributed by atoms with van der Waals surface area (Å²) in [5.41, 5.74) is 0.450. The lowest BCUT2D eigenvalue weighted by atomic mass is 9.85. The van der Waals surface area contributed by atoms with Crippen LogP contribution in [0.2, 0.25) is 0 Å². The Balaban J connectivity index is 1.69. The van der Waals surface area contributed by atoms with Crippen molar-refractivity contribution in [3.63, 3.8) is 0 Å². The molecular weight excluding hydrogens is 324 g/mol. The van der Waals surface area contributed by atoms with E-state index in [4.69, 9.17) is 9.47 Å². The predicted octanol–water partition coefficient (Wildman–Crippen LogP) is 1.59. The number of carbonyl (C=O) groups is 3. The first kappa shape index (κ1) is 17.0. The Hall–Kier alpha value is -2.83. The summed E-state index contributed by atoms with van der Waals surface area (Å²) < 4.78 is 10.3. The number of hydrogen-bond acceptors (Lipinski definition) is 5. The molecule has 0 unspecified atom stereocenters. The van der Waals surface area contributed by atoms with E-state index in [0.29, 0.717) is 30.0 Å². The zero-order valence-electron chi connectivity index (χ0n) is 14.2. The first-order chi connectivity index (χ1) is 12.0. The number of allylic oxidation sites excluding steroid dienone is 2. The lowest BCUT2D eigenvalue weighted by Crippen LogP contribution is -2.38. The van der Waals surface area contributed by atoms with Crippen LogP contribution in [0.3, 0.4) is 0 Å². The Morgan fingerprint density at radius 3 is 2.32 bits per heavy atom. The summed E-state index contributed by atoms with van der Waals surface area (Å²) in [6.45, 7) is -0.292. The first-order valence-electron chi connectivity index (χ1n) is 8.07. The number of nitrogens with one attached hydrogen (secondary N) is 1. The number of ether oxygens (including phenoxy) is 2. The number of methoxy groups -OCH3 is 2. The van der Waals surface area contributed by atoms with Gasteiger partial charge < -0.3 is 14.8 Å². The van der Waals surface area contributed by atoms with E-state index >= 15 is 0 Å². The highest BCUT2D eigenvalue weighted by atomic mass is 16.5. The molecule has 132 valence electrons. The highest BCUT2D eigenvalue weighted by molar-refractivity contribution is 6.09. The van der Waals surface area contributed by atoms with Crippen LogP contribution >= 0.6 is 0 Å². The van der Waals surface area contributed by atoms with E-state index < -0.39 is 5.91 Å². The van der Waals surface area contributed by atoms with Crippen LogP contribution in [0.5, 0.6) is 11.5 Å². The molecule has 7 heteroatoms. The molecule has 2 aliphatic rings. The van der Waals surface area contributed by atoms with Gasteiger partial charge in [0.05, 0.1) is 31.7 Å². The van der Waals surface area contributed by atoms with Gasteiger partial charge in [-0.3, -0.25) is 19.3 Å². The summed E-state index contributed by atoms with van der Waals surface area (Å²) >= 11 is 0. The molecular formula is C18H20N2O5. The smallest absolute Gasteiger partial charge is 0.244 e. The summed E-state index contributed by atoms with van der Waals surface area (Å²) in [5.74, 6) is -0.619. The monoisotopic (exact) mass is 344 g/mol. The number of likely N-dealkylation sites (tertiary alicyclic amines) is 1. The van der Waals surface area contributed by atoms with Crippen molar-refractivity contribution in [2.24, 2.45) is 11.8 Å². The predicted molar refractivity (Wildman–Crippen MR) is 90.2 cm³/mol. The molecule has 0 radical (unpaired) electrons. The molecule has 0 saturated carbocycles. The Labute approximate surface area is 145 Å². The summed E-state index contributed by atoms with van der Waals surface area (Å²) in [7, 11) is 3.02. The number of benzene rings is 1. The van der Waals surface area contributed by atoms with Crippen molar-refractivity contribution in [2.75, 3.05) is 26.1 Å². The average Bonchev–Trinajstić information content (AvgIpc) is 2.87. The molecule has 1 heterocycles. The molecule has 0 bridgehead atoms. The second-order valence-corrected chi connectivity index (χ2v) is 6.03. The topological polar surface area (TPSA) is 84.9 Å². The Morgan fingerprint density at radius 1 is 1.12 bits per heavy atom. The SMILES string of the molecule is COc1ccc(NC(=O)CN2C(=O)[C@H]3CC=CC[C@@H]3C2=O)c(OC)c1. The molecule has 1 saturated heterocycles. The molecule has 1 aliphatic heterocycles.